The fourth-order valence-electron chi connectivity index (χ4n) is 1.36. The molecule has 0 aliphatic heterocycles. The molecule has 0 amide bonds. The van der Waals surface area contributed by atoms with Crippen molar-refractivity contribution in [2.24, 2.45) is 0 Å². The van der Waals surface area contributed by atoms with Crippen LogP contribution in [0.2, 0.25) is 5.02 Å². The minimum absolute atomic E-state index is 0.147. The number of rotatable bonds is 3. The Balaban J connectivity index is 2.31. The second kappa shape index (κ2) is 5.65. The van der Waals surface area contributed by atoms with E-state index in [1.165, 1.54) is 6.20 Å². The highest BCUT2D eigenvalue weighted by molar-refractivity contribution is 9.10. The van der Waals surface area contributed by atoms with Gasteiger partial charge >= 0.3 is 0 Å². The maximum atomic E-state index is 8.95. The first-order valence-electron chi connectivity index (χ1n) is 5.17. The van der Waals surface area contributed by atoms with Crippen LogP contribution in [0.1, 0.15) is 11.4 Å². The van der Waals surface area contributed by atoms with Gasteiger partial charge in [0.2, 0.25) is 5.88 Å². The lowest BCUT2D eigenvalue weighted by molar-refractivity contribution is 0.275. The number of hydrogen-bond donors (Lipinski definition) is 1. The monoisotopic (exact) mass is 328 g/mol. The van der Waals surface area contributed by atoms with E-state index >= 15 is 0 Å². The molecular weight excluding hydrogens is 320 g/mol. The van der Waals surface area contributed by atoms with E-state index in [2.05, 4.69) is 25.9 Å². The van der Waals surface area contributed by atoms with Crippen molar-refractivity contribution >= 4 is 27.5 Å². The maximum absolute atomic E-state index is 8.95. The largest absolute Gasteiger partial charge is 0.436 e. The highest BCUT2D eigenvalue weighted by atomic mass is 79.9. The third-order valence-electron chi connectivity index (χ3n) is 2.24. The second-order valence-electron chi connectivity index (χ2n) is 3.56. The van der Waals surface area contributed by atoms with Gasteiger partial charge in [-0.25, -0.2) is 9.97 Å². The van der Waals surface area contributed by atoms with E-state index in [-0.39, 0.29) is 6.61 Å². The summed E-state index contributed by atoms with van der Waals surface area (Å²) in [6.07, 6.45) is 1.47. The van der Waals surface area contributed by atoms with Gasteiger partial charge in [-0.1, -0.05) is 17.7 Å². The van der Waals surface area contributed by atoms with E-state index in [0.29, 0.717) is 28.0 Å². The summed E-state index contributed by atoms with van der Waals surface area (Å²) in [7, 11) is 0. The summed E-state index contributed by atoms with van der Waals surface area (Å²) in [5.41, 5.74) is 1.10. The molecule has 0 fully saturated rings. The second-order valence-corrected chi connectivity index (χ2v) is 4.80. The van der Waals surface area contributed by atoms with Crippen LogP contribution in [0, 0.1) is 6.92 Å². The highest BCUT2D eigenvalue weighted by Crippen LogP contribution is 2.34. The number of ether oxygens (including phenoxy) is 1. The van der Waals surface area contributed by atoms with Crippen LogP contribution in [0.25, 0.3) is 0 Å². The topological polar surface area (TPSA) is 55.2 Å². The Hall–Kier alpha value is -1.17. The van der Waals surface area contributed by atoms with E-state index in [1.54, 1.807) is 13.0 Å². The predicted molar refractivity (Wildman–Crippen MR) is 71.9 cm³/mol. The van der Waals surface area contributed by atoms with Gasteiger partial charge in [0.15, 0.2) is 0 Å². The van der Waals surface area contributed by atoms with Crippen LogP contribution in [-0.2, 0) is 6.61 Å². The molecule has 1 heterocycles. The van der Waals surface area contributed by atoms with Crippen LogP contribution in [0.15, 0.2) is 28.9 Å². The summed E-state index contributed by atoms with van der Waals surface area (Å²) < 4.78 is 6.35. The van der Waals surface area contributed by atoms with Crippen molar-refractivity contribution in [3.8, 4) is 11.6 Å². The zero-order chi connectivity index (χ0) is 13.1. The molecule has 2 aromatic rings. The van der Waals surface area contributed by atoms with Crippen molar-refractivity contribution in [1.82, 2.24) is 9.97 Å². The molecular formula is C12H10BrClN2O2. The molecule has 94 valence electrons. The molecule has 1 aromatic heterocycles. The standard InChI is InChI=1S/C12H10BrClN2O2/c1-7-12(15-5-8(6-17)16-7)18-10-4-2-3-9(13)11(10)14/h2-5,17H,6H2,1H3. The molecule has 2 rings (SSSR count). The lowest BCUT2D eigenvalue weighted by Crippen LogP contribution is -1.98. The Labute approximate surface area is 118 Å². The van der Waals surface area contributed by atoms with Crippen molar-refractivity contribution in [3.05, 3.63) is 45.3 Å². The van der Waals surface area contributed by atoms with Gasteiger partial charge in [-0.15, -0.1) is 0 Å². The van der Waals surface area contributed by atoms with E-state index in [1.807, 2.05) is 12.1 Å². The number of benzene rings is 1. The molecule has 0 unspecified atom stereocenters. The number of nitrogens with zero attached hydrogens (tertiary/aromatic N) is 2. The molecule has 0 radical (unpaired) electrons. The third kappa shape index (κ3) is 2.80. The van der Waals surface area contributed by atoms with Gasteiger partial charge in [0.05, 0.1) is 23.5 Å². The van der Waals surface area contributed by atoms with E-state index in [4.69, 9.17) is 21.4 Å². The molecule has 0 atom stereocenters. The number of aromatic nitrogens is 2. The number of hydrogen-bond acceptors (Lipinski definition) is 4. The first kappa shape index (κ1) is 13.3. The molecule has 0 aliphatic carbocycles. The third-order valence-corrected chi connectivity index (χ3v) is 3.52. The maximum Gasteiger partial charge on any atom is 0.240 e. The van der Waals surface area contributed by atoms with Gasteiger partial charge in [-0.3, -0.25) is 0 Å². The molecule has 1 aromatic carbocycles. The molecule has 0 spiro atoms. The van der Waals surface area contributed by atoms with E-state index in [0.717, 1.165) is 4.47 Å². The van der Waals surface area contributed by atoms with Gasteiger partial charge < -0.3 is 9.84 Å². The van der Waals surface area contributed by atoms with Crippen LogP contribution in [0.3, 0.4) is 0 Å². The number of aryl methyl sites for hydroxylation is 1. The minimum Gasteiger partial charge on any atom is -0.436 e. The normalized spacial score (nSPS) is 10.4. The van der Waals surface area contributed by atoms with Crippen LogP contribution >= 0.6 is 27.5 Å². The van der Waals surface area contributed by atoms with Crippen molar-refractivity contribution in [3.63, 3.8) is 0 Å². The zero-order valence-electron chi connectivity index (χ0n) is 9.52. The first-order chi connectivity index (χ1) is 8.61. The summed E-state index contributed by atoms with van der Waals surface area (Å²) in [5, 5.41) is 9.43. The number of halogens is 2. The Morgan fingerprint density at radius 2 is 2.22 bits per heavy atom. The summed E-state index contributed by atoms with van der Waals surface area (Å²) >= 11 is 9.41. The smallest absolute Gasteiger partial charge is 0.240 e. The Bertz CT molecular complexity index is 578. The molecule has 0 aliphatic rings. The molecule has 18 heavy (non-hydrogen) atoms. The molecule has 0 saturated carbocycles. The Morgan fingerprint density at radius 3 is 2.89 bits per heavy atom. The van der Waals surface area contributed by atoms with Crippen molar-refractivity contribution in [2.45, 2.75) is 13.5 Å². The molecule has 1 N–H and O–H groups in total. The van der Waals surface area contributed by atoms with Crippen LogP contribution in [-0.4, -0.2) is 15.1 Å². The zero-order valence-corrected chi connectivity index (χ0v) is 11.9. The minimum atomic E-state index is -0.147. The fraction of sp³-hybridized carbons (Fsp3) is 0.167. The van der Waals surface area contributed by atoms with E-state index < -0.39 is 0 Å². The predicted octanol–water partition coefficient (Wildman–Crippen LogP) is 3.49. The van der Waals surface area contributed by atoms with Gasteiger partial charge in [-0.05, 0) is 35.0 Å². The molecule has 6 heteroatoms. The Morgan fingerprint density at radius 1 is 1.44 bits per heavy atom. The molecule has 0 bridgehead atoms. The first-order valence-corrected chi connectivity index (χ1v) is 6.34. The van der Waals surface area contributed by atoms with Crippen molar-refractivity contribution in [2.75, 3.05) is 0 Å². The fourth-order valence-corrected chi connectivity index (χ4v) is 1.87. The van der Waals surface area contributed by atoms with Gasteiger partial charge in [0.1, 0.15) is 11.4 Å². The number of aliphatic hydroxyl groups is 1. The van der Waals surface area contributed by atoms with Crippen molar-refractivity contribution < 1.29 is 9.84 Å². The lowest BCUT2D eigenvalue weighted by atomic mass is 10.3. The summed E-state index contributed by atoms with van der Waals surface area (Å²) in [6.45, 7) is 1.61. The lowest BCUT2D eigenvalue weighted by Gasteiger charge is -2.09. The number of aliphatic hydroxyl groups excluding tert-OH is 1. The molecule has 4 nitrogen and oxygen atoms in total. The van der Waals surface area contributed by atoms with Gasteiger partial charge in [0.25, 0.3) is 0 Å². The summed E-state index contributed by atoms with van der Waals surface area (Å²) in [4.78, 5) is 8.24. The van der Waals surface area contributed by atoms with Gasteiger partial charge in [0, 0.05) is 4.47 Å². The van der Waals surface area contributed by atoms with Gasteiger partial charge in [-0.2, -0.15) is 0 Å². The van der Waals surface area contributed by atoms with Crippen LogP contribution < -0.4 is 4.74 Å². The molecule has 0 saturated heterocycles. The average molecular weight is 330 g/mol. The average Bonchev–Trinajstić information content (AvgIpc) is 2.37. The quantitative estimate of drug-likeness (QED) is 0.936. The SMILES string of the molecule is Cc1nc(CO)cnc1Oc1cccc(Br)c1Cl. The van der Waals surface area contributed by atoms with Crippen molar-refractivity contribution in [1.29, 1.82) is 0 Å². The van der Waals surface area contributed by atoms with Crippen LogP contribution in [0.4, 0.5) is 0 Å². The van der Waals surface area contributed by atoms with E-state index in [9.17, 15) is 0 Å². The Kier molecular flexibility index (Phi) is 4.16. The van der Waals surface area contributed by atoms with Crippen LogP contribution in [0.5, 0.6) is 11.6 Å². The summed E-state index contributed by atoms with van der Waals surface area (Å²) in [6, 6.07) is 5.38. The summed E-state index contributed by atoms with van der Waals surface area (Å²) in [5.74, 6) is 0.868. The highest BCUT2D eigenvalue weighted by Gasteiger charge is 2.10.